The first-order valence-electron chi connectivity index (χ1n) is 11.1. The second-order valence-corrected chi connectivity index (χ2v) is 7.94. The van der Waals surface area contributed by atoms with Crippen molar-refractivity contribution in [3.8, 4) is 0 Å². The van der Waals surface area contributed by atoms with Gasteiger partial charge in [0.1, 0.15) is 0 Å². The maximum absolute atomic E-state index is 5.25. The highest BCUT2D eigenvalue weighted by atomic mass is 14.8. The van der Waals surface area contributed by atoms with Crippen molar-refractivity contribution < 1.29 is 0 Å². The first-order valence-corrected chi connectivity index (χ1v) is 11.1. The van der Waals surface area contributed by atoms with Crippen LogP contribution in [0.4, 0.5) is 0 Å². The van der Waals surface area contributed by atoms with Crippen molar-refractivity contribution in [2.45, 2.75) is 111 Å². The van der Waals surface area contributed by atoms with Gasteiger partial charge >= 0.3 is 0 Å². The predicted molar refractivity (Wildman–Crippen MR) is 115 cm³/mol. The van der Waals surface area contributed by atoms with E-state index in [9.17, 15) is 0 Å². The lowest BCUT2D eigenvalue weighted by molar-refractivity contribution is 0.351. The highest BCUT2D eigenvalue weighted by molar-refractivity contribution is 5.66. The highest BCUT2D eigenvalue weighted by Crippen LogP contribution is 2.33. The van der Waals surface area contributed by atoms with E-state index in [4.69, 9.17) is 4.99 Å². The van der Waals surface area contributed by atoms with Gasteiger partial charge in [-0.1, -0.05) is 84.1 Å². The summed E-state index contributed by atoms with van der Waals surface area (Å²) in [6.07, 6.45) is 26.9. The summed E-state index contributed by atoms with van der Waals surface area (Å²) in [5.41, 5.74) is 0.275. The van der Waals surface area contributed by atoms with Crippen LogP contribution in [0.5, 0.6) is 0 Å². The first-order chi connectivity index (χ1) is 12.2. The SMILES string of the molecule is CCCCC(CC)C1C/C=C/CC/C=C/CC(CC)(CCCC)/C=N/1. The van der Waals surface area contributed by atoms with E-state index in [1.54, 1.807) is 0 Å². The number of allylic oxidation sites excluding steroid dienone is 3. The van der Waals surface area contributed by atoms with E-state index in [1.165, 1.54) is 64.2 Å². The Morgan fingerprint density at radius 3 is 2.32 bits per heavy atom. The fourth-order valence-corrected chi connectivity index (χ4v) is 3.91. The molecule has 3 unspecified atom stereocenters. The van der Waals surface area contributed by atoms with Gasteiger partial charge in [-0.3, -0.25) is 4.99 Å². The van der Waals surface area contributed by atoms with E-state index in [1.807, 2.05) is 0 Å². The monoisotopic (exact) mass is 345 g/mol. The summed E-state index contributed by atoms with van der Waals surface area (Å²) in [7, 11) is 0. The molecule has 25 heavy (non-hydrogen) atoms. The zero-order chi connectivity index (χ0) is 18.4. The Hall–Kier alpha value is -0.850. The molecule has 1 heteroatoms. The Morgan fingerprint density at radius 1 is 0.960 bits per heavy atom. The van der Waals surface area contributed by atoms with Gasteiger partial charge in [0, 0.05) is 11.6 Å². The van der Waals surface area contributed by atoms with Gasteiger partial charge in [0.15, 0.2) is 0 Å². The minimum Gasteiger partial charge on any atom is -0.293 e. The molecule has 3 atom stereocenters. The molecular weight excluding hydrogens is 302 g/mol. The van der Waals surface area contributed by atoms with E-state index in [0.717, 1.165) is 18.8 Å². The van der Waals surface area contributed by atoms with Gasteiger partial charge in [-0.2, -0.15) is 0 Å². The molecule has 0 radical (unpaired) electrons. The Labute approximate surface area is 158 Å². The number of nitrogens with zero attached hydrogens (tertiary/aromatic N) is 1. The third kappa shape index (κ3) is 8.38. The fourth-order valence-electron chi connectivity index (χ4n) is 3.91. The summed E-state index contributed by atoms with van der Waals surface area (Å²) in [5.74, 6) is 0.736. The van der Waals surface area contributed by atoms with Gasteiger partial charge in [-0.15, -0.1) is 0 Å². The molecule has 0 amide bonds. The second-order valence-electron chi connectivity index (χ2n) is 7.94. The normalized spacial score (nSPS) is 30.0. The average Bonchev–Trinajstić information content (AvgIpc) is 2.63. The molecule has 1 nitrogen and oxygen atoms in total. The molecule has 1 aliphatic heterocycles. The molecule has 0 aromatic heterocycles. The lowest BCUT2D eigenvalue weighted by Gasteiger charge is -2.30. The van der Waals surface area contributed by atoms with Gasteiger partial charge in [0.25, 0.3) is 0 Å². The maximum Gasteiger partial charge on any atom is 0.0558 e. The van der Waals surface area contributed by atoms with Gasteiger partial charge in [0.05, 0.1) is 6.04 Å². The molecule has 144 valence electrons. The molecule has 0 aliphatic carbocycles. The summed E-state index contributed by atoms with van der Waals surface area (Å²) in [6, 6.07) is 0.476. The summed E-state index contributed by atoms with van der Waals surface area (Å²) in [5, 5.41) is 0. The lowest BCUT2D eigenvalue weighted by Crippen LogP contribution is -2.25. The molecule has 0 saturated carbocycles. The molecule has 1 aliphatic rings. The topological polar surface area (TPSA) is 12.4 Å². The van der Waals surface area contributed by atoms with Gasteiger partial charge < -0.3 is 0 Å². The summed E-state index contributed by atoms with van der Waals surface area (Å²) in [4.78, 5) is 5.25. The van der Waals surface area contributed by atoms with Crippen LogP contribution in [0, 0.1) is 11.3 Å². The molecule has 0 bridgehead atoms. The Kier molecular flexibility index (Phi) is 11.9. The second kappa shape index (κ2) is 13.4. The first kappa shape index (κ1) is 22.2. The Bertz CT molecular complexity index is 406. The van der Waals surface area contributed by atoms with Crippen molar-refractivity contribution >= 4 is 6.21 Å². The van der Waals surface area contributed by atoms with Crippen LogP contribution < -0.4 is 0 Å². The van der Waals surface area contributed by atoms with Gasteiger partial charge in [-0.25, -0.2) is 0 Å². The van der Waals surface area contributed by atoms with Crippen molar-refractivity contribution in [2.75, 3.05) is 0 Å². The van der Waals surface area contributed by atoms with Crippen LogP contribution in [0.25, 0.3) is 0 Å². The molecule has 0 saturated heterocycles. The van der Waals surface area contributed by atoms with Crippen LogP contribution in [0.2, 0.25) is 0 Å². The third-order valence-electron chi connectivity index (χ3n) is 6.00. The highest BCUT2D eigenvalue weighted by Gasteiger charge is 2.26. The molecule has 1 rings (SSSR count). The number of rotatable bonds is 9. The quantitative estimate of drug-likeness (QED) is 0.376. The van der Waals surface area contributed by atoms with Crippen molar-refractivity contribution in [2.24, 2.45) is 16.3 Å². The molecular formula is C24H43N. The van der Waals surface area contributed by atoms with Crippen LogP contribution in [-0.4, -0.2) is 12.3 Å². The van der Waals surface area contributed by atoms with E-state index < -0.39 is 0 Å². The number of hydrogen-bond acceptors (Lipinski definition) is 1. The molecule has 0 fully saturated rings. The lowest BCUT2D eigenvalue weighted by atomic mass is 9.78. The van der Waals surface area contributed by atoms with Gasteiger partial charge in [0.2, 0.25) is 0 Å². The smallest absolute Gasteiger partial charge is 0.0558 e. The number of unbranched alkanes of at least 4 members (excludes halogenated alkanes) is 2. The summed E-state index contributed by atoms with van der Waals surface area (Å²) < 4.78 is 0. The third-order valence-corrected chi connectivity index (χ3v) is 6.00. The van der Waals surface area contributed by atoms with E-state index in [2.05, 4.69) is 58.2 Å². The van der Waals surface area contributed by atoms with Crippen molar-refractivity contribution in [1.82, 2.24) is 0 Å². The van der Waals surface area contributed by atoms with Crippen molar-refractivity contribution in [3.63, 3.8) is 0 Å². The van der Waals surface area contributed by atoms with Crippen LogP contribution >= 0.6 is 0 Å². The molecule has 0 N–H and O–H groups in total. The van der Waals surface area contributed by atoms with Crippen LogP contribution in [-0.2, 0) is 0 Å². The molecule has 0 spiro atoms. The Morgan fingerprint density at radius 2 is 1.68 bits per heavy atom. The van der Waals surface area contributed by atoms with Crippen molar-refractivity contribution in [3.05, 3.63) is 24.3 Å². The number of hydrogen-bond donors (Lipinski definition) is 0. The van der Waals surface area contributed by atoms with E-state index >= 15 is 0 Å². The summed E-state index contributed by atoms with van der Waals surface area (Å²) in [6.45, 7) is 9.31. The molecule has 0 aromatic carbocycles. The summed E-state index contributed by atoms with van der Waals surface area (Å²) >= 11 is 0. The Balaban J connectivity index is 3.02. The zero-order valence-electron chi connectivity index (χ0n) is 17.5. The minimum atomic E-state index is 0.275. The molecule has 1 heterocycles. The standard InChI is InChI=1S/C24H43N/c1-5-9-17-22(7-3)23-18-15-13-11-12-14-16-20-24(8-4,21-25-23)19-10-6-2/h13-16,21-23H,5-12,17-20H2,1-4H3/b15-13+,16-14+,25-21+. The van der Waals surface area contributed by atoms with Crippen LogP contribution in [0.3, 0.4) is 0 Å². The molecule has 0 aromatic rings. The van der Waals surface area contributed by atoms with E-state index in [-0.39, 0.29) is 5.41 Å². The van der Waals surface area contributed by atoms with Gasteiger partial charge in [-0.05, 0) is 50.9 Å². The minimum absolute atomic E-state index is 0.275. The van der Waals surface area contributed by atoms with Crippen LogP contribution in [0.15, 0.2) is 29.3 Å². The van der Waals surface area contributed by atoms with Crippen molar-refractivity contribution in [1.29, 1.82) is 0 Å². The zero-order valence-corrected chi connectivity index (χ0v) is 17.5. The van der Waals surface area contributed by atoms with E-state index in [0.29, 0.717) is 6.04 Å². The fraction of sp³-hybridized carbons (Fsp3) is 0.792. The average molecular weight is 346 g/mol. The number of aliphatic imine (C=N–C) groups is 1. The maximum atomic E-state index is 5.25. The van der Waals surface area contributed by atoms with Crippen LogP contribution in [0.1, 0.15) is 105 Å². The predicted octanol–water partition coefficient (Wildman–Crippen LogP) is 7.92. The largest absolute Gasteiger partial charge is 0.293 e.